The summed E-state index contributed by atoms with van der Waals surface area (Å²) in [6.07, 6.45) is 2.01. The van der Waals surface area contributed by atoms with E-state index in [1.54, 1.807) is 0 Å². The van der Waals surface area contributed by atoms with Crippen molar-refractivity contribution in [1.82, 2.24) is 15.5 Å². The lowest BCUT2D eigenvalue weighted by Gasteiger charge is -2.21. The molecule has 0 radical (unpaired) electrons. The van der Waals surface area contributed by atoms with Crippen LogP contribution in [0, 0.1) is 0 Å². The summed E-state index contributed by atoms with van der Waals surface area (Å²) in [6, 6.07) is 0.473. The molecule has 126 valence electrons. The summed E-state index contributed by atoms with van der Waals surface area (Å²) in [7, 11) is 0. The fraction of sp³-hybridized carbons (Fsp3) is 0.938. The molecule has 2 N–H and O–H groups in total. The molecule has 0 rings (SSSR count). The van der Waals surface area contributed by atoms with Gasteiger partial charge in [-0.05, 0) is 60.2 Å². The fourth-order valence-corrected chi connectivity index (χ4v) is 2.06. The van der Waals surface area contributed by atoms with Crippen LogP contribution in [0.15, 0.2) is 0 Å². The van der Waals surface area contributed by atoms with Crippen molar-refractivity contribution in [2.24, 2.45) is 0 Å². The minimum Gasteiger partial charge on any atom is -0.444 e. The van der Waals surface area contributed by atoms with Crippen molar-refractivity contribution in [2.75, 3.05) is 32.7 Å². The number of nitrogens with zero attached hydrogens (tertiary/aromatic N) is 1. The average Bonchev–Trinajstić information content (AvgIpc) is 2.38. The van der Waals surface area contributed by atoms with E-state index in [0.29, 0.717) is 12.6 Å². The van der Waals surface area contributed by atoms with Gasteiger partial charge in [0.15, 0.2) is 0 Å². The minimum absolute atomic E-state index is 0.349. The first-order valence-electron chi connectivity index (χ1n) is 8.21. The van der Waals surface area contributed by atoms with Crippen LogP contribution in [-0.2, 0) is 4.74 Å². The second kappa shape index (κ2) is 10.9. The molecule has 1 unspecified atom stereocenters. The van der Waals surface area contributed by atoms with Gasteiger partial charge in [-0.15, -0.1) is 0 Å². The predicted molar refractivity (Wildman–Crippen MR) is 88.7 cm³/mol. The molecule has 21 heavy (non-hydrogen) atoms. The third-order valence-electron chi connectivity index (χ3n) is 3.29. The van der Waals surface area contributed by atoms with Crippen LogP contribution >= 0.6 is 0 Å². The predicted octanol–water partition coefficient (Wildman–Crippen LogP) is 2.61. The van der Waals surface area contributed by atoms with E-state index in [2.05, 4.69) is 36.3 Å². The van der Waals surface area contributed by atoms with Gasteiger partial charge in [0.25, 0.3) is 0 Å². The molecule has 0 aliphatic heterocycles. The molecule has 5 heteroatoms. The molecule has 0 aromatic rings. The highest BCUT2D eigenvalue weighted by Crippen LogP contribution is 2.06. The monoisotopic (exact) mass is 301 g/mol. The zero-order valence-corrected chi connectivity index (χ0v) is 14.8. The molecule has 0 aromatic heterocycles. The maximum absolute atomic E-state index is 11.4. The Morgan fingerprint density at radius 1 is 1.19 bits per heavy atom. The Morgan fingerprint density at radius 2 is 1.81 bits per heavy atom. The molecular formula is C16H35N3O2. The van der Waals surface area contributed by atoms with Crippen molar-refractivity contribution in [3.63, 3.8) is 0 Å². The molecule has 5 nitrogen and oxygen atoms in total. The number of hydrogen-bond donors (Lipinski definition) is 2. The van der Waals surface area contributed by atoms with Crippen LogP contribution in [0.2, 0.25) is 0 Å². The molecule has 0 aliphatic rings. The van der Waals surface area contributed by atoms with E-state index in [0.717, 1.165) is 32.6 Å². The van der Waals surface area contributed by atoms with Crippen molar-refractivity contribution < 1.29 is 9.53 Å². The summed E-state index contributed by atoms with van der Waals surface area (Å²) < 4.78 is 5.18. The van der Waals surface area contributed by atoms with Crippen LogP contribution in [0.5, 0.6) is 0 Å². The molecule has 0 spiro atoms. The van der Waals surface area contributed by atoms with Gasteiger partial charge < -0.3 is 20.3 Å². The number of alkyl carbamates (subject to hydrolysis) is 1. The van der Waals surface area contributed by atoms with Crippen molar-refractivity contribution in [3.8, 4) is 0 Å². The molecule has 1 amide bonds. The first-order chi connectivity index (χ1) is 9.78. The normalized spacial score (nSPS) is 13.3. The third kappa shape index (κ3) is 12.6. The Balaban J connectivity index is 3.58. The van der Waals surface area contributed by atoms with Gasteiger partial charge in [0.05, 0.1) is 0 Å². The van der Waals surface area contributed by atoms with E-state index < -0.39 is 5.60 Å². The summed E-state index contributed by atoms with van der Waals surface area (Å²) in [5, 5.41) is 6.18. The number of amides is 1. The lowest BCUT2D eigenvalue weighted by molar-refractivity contribution is 0.0528. The van der Waals surface area contributed by atoms with Crippen LogP contribution < -0.4 is 10.6 Å². The van der Waals surface area contributed by atoms with E-state index >= 15 is 0 Å². The average molecular weight is 301 g/mol. The van der Waals surface area contributed by atoms with Crippen LogP contribution in [0.3, 0.4) is 0 Å². The molecule has 0 saturated heterocycles. The van der Waals surface area contributed by atoms with Gasteiger partial charge in [-0.3, -0.25) is 0 Å². The molecule has 0 heterocycles. The molecular weight excluding hydrogens is 266 g/mol. The summed E-state index contributed by atoms with van der Waals surface area (Å²) in [6.45, 7) is 17.0. The quantitative estimate of drug-likeness (QED) is 0.609. The highest BCUT2D eigenvalue weighted by Gasteiger charge is 2.15. The zero-order chi connectivity index (χ0) is 16.3. The molecule has 0 aromatic carbocycles. The van der Waals surface area contributed by atoms with Crippen molar-refractivity contribution >= 4 is 6.09 Å². The Hall–Kier alpha value is -0.810. The highest BCUT2D eigenvalue weighted by molar-refractivity contribution is 5.67. The SMILES string of the molecule is CCN(CC)CCCC(C)NCCNC(=O)OC(C)(C)C. The number of carbonyl (C=O) groups is 1. The lowest BCUT2D eigenvalue weighted by atomic mass is 10.1. The number of hydrogen-bond acceptors (Lipinski definition) is 4. The van der Waals surface area contributed by atoms with Gasteiger partial charge in [-0.25, -0.2) is 4.79 Å². The fourth-order valence-electron chi connectivity index (χ4n) is 2.06. The van der Waals surface area contributed by atoms with Gasteiger partial charge >= 0.3 is 6.09 Å². The second-order valence-electron chi connectivity index (χ2n) is 6.45. The van der Waals surface area contributed by atoms with Crippen molar-refractivity contribution in [2.45, 2.75) is 66.0 Å². The maximum atomic E-state index is 11.4. The molecule has 0 fully saturated rings. The molecule has 0 bridgehead atoms. The van der Waals surface area contributed by atoms with Crippen LogP contribution in [0.25, 0.3) is 0 Å². The Labute approximate surface area is 130 Å². The standard InChI is InChI=1S/C16H35N3O2/c1-7-19(8-2)13-9-10-14(3)17-11-12-18-15(20)21-16(4,5)6/h14,17H,7-13H2,1-6H3,(H,18,20). The number of ether oxygens (including phenoxy) is 1. The summed E-state index contributed by atoms with van der Waals surface area (Å²) in [5.41, 5.74) is -0.435. The van der Waals surface area contributed by atoms with Gasteiger partial charge in [0.1, 0.15) is 5.60 Å². The van der Waals surface area contributed by atoms with E-state index in [4.69, 9.17) is 4.74 Å². The number of nitrogens with one attached hydrogen (secondary N) is 2. The van der Waals surface area contributed by atoms with E-state index in [-0.39, 0.29) is 6.09 Å². The topological polar surface area (TPSA) is 53.6 Å². The van der Waals surface area contributed by atoms with E-state index in [9.17, 15) is 4.79 Å². The summed E-state index contributed by atoms with van der Waals surface area (Å²) in [4.78, 5) is 13.9. The Morgan fingerprint density at radius 3 is 2.33 bits per heavy atom. The second-order valence-corrected chi connectivity index (χ2v) is 6.45. The van der Waals surface area contributed by atoms with E-state index in [1.807, 2.05) is 20.8 Å². The van der Waals surface area contributed by atoms with Crippen LogP contribution in [-0.4, -0.2) is 55.4 Å². The van der Waals surface area contributed by atoms with Crippen LogP contribution in [0.4, 0.5) is 4.79 Å². The number of carbonyl (C=O) groups excluding carboxylic acids is 1. The maximum Gasteiger partial charge on any atom is 0.407 e. The first-order valence-corrected chi connectivity index (χ1v) is 8.21. The Kier molecular flexibility index (Phi) is 10.4. The first kappa shape index (κ1) is 20.2. The molecule has 0 saturated carbocycles. The smallest absolute Gasteiger partial charge is 0.407 e. The largest absolute Gasteiger partial charge is 0.444 e. The van der Waals surface area contributed by atoms with Crippen molar-refractivity contribution in [3.05, 3.63) is 0 Å². The summed E-state index contributed by atoms with van der Waals surface area (Å²) >= 11 is 0. The summed E-state index contributed by atoms with van der Waals surface area (Å²) in [5.74, 6) is 0. The van der Waals surface area contributed by atoms with Gasteiger partial charge in [-0.2, -0.15) is 0 Å². The van der Waals surface area contributed by atoms with Crippen molar-refractivity contribution in [1.29, 1.82) is 0 Å². The zero-order valence-electron chi connectivity index (χ0n) is 14.8. The lowest BCUT2D eigenvalue weighted by Crippen LogP contribution is -2.38. The number of rotatable bonds is 10. The molecule has 0 aliphatic carbocycles. The highest BCUT2D eigenvalue weighted by atomic mass is 16.6. The Bertz CT molecular complexity index is 273. The van der Waals surface area contributed by atoms with Gasteiger partial charge in [0.2, 0.25) is 0 Å². The molecule has 1 atom stereocenters. The minimum atomic E-state index is -0.435. The van der Waals surface area contributed by atoms with Gasteiger partial charge in [0, 0.05) is 19.1 Å². The third-order valence-corrected chi connectivity index (χ3v) is 3.29. The van der Waals surface area contributed by atoms with Crippen LogP contribution in [0.1, 0.15) is 54.4 Å². The van der Waals surface area contributed by atoms with E-state index in [1.165, 1.54) is 6.42 Å². The van der Waals surface area contributed by atoms with Gasteiger partial charge in [-0.1, -0.05) is 13.8 Å².